The summed E-state index contributed by atoms with van der Waals surface area (Å²) < 4.78 is 1.91. The Bertz CT molecular complexity index is 846. The van der Waals surface area contributed by atoms with E-state index in [0.717, 1.165) is 11.4 Å². The monoisotopic (exact) mass is 357 g/mol. The third-order valence-corrected chi connectivity index (χ3v) is 5.03. The summed E-state index contributed by atoms with van der Waals surface area (Å²) in [5.74, 6) is 0.824. The molecule has 24 heavy (non-hydrogen) atoms. The first-order valence-corrected chi connectivity index (χ1v) is 8.73. The largest absolute Gasteiger partial charge is 0.305 e. The predicted molar refractivity (Wildman–Crippen MR) is 97.5 cm³/mol. The lowest BCUT2D eigenvalue weighted by molar-refractivity contribution is 0.0994. The van der Waals surface area contributed by atoms with E-state index in [1.165, 1.54) is 11.8 Å². The van der Waals surface area contributed by atoms with Crippen molar-refractivity contribution in [3.8, 4) is 11.4 Å². The molecular weight excluding hydrogens is 342 g/mol. The summed E-state index contributed by atoms with van der Waals surface area (Å²) in [5, 5.41) is 9.53. The van der Waals surface area contributed by atoms with Gasteiger partial charge >= 0.3 is 0 Å². The van der Waals surface area contributed by atoms with E-state index in [-0.39, 0.29) is 11.0 Å². The molecule has 0 saturated heterocycles. The average Bonchev–Trinajstić information content (AvgIpc) is 2.96. The fourth-order valence-electron chi connectivity index (χ4n) is 2.32. The molecule has 0 aliphatic rings. The van der Waals surface area contributed by atoms with Crippen molar-refractivity contribution in [2.24, 2.45) is 7.05 Å². The normalized spacial score (nSPS) is 12.1. The number of carbonyl (C=O) groups excluding carboxylic acids is 1. The van der Waals surface area contributed by atoms with Crippen molar-refractivity contribution >= 4 is 29.1 Å². The van der Waals surface area contributed by atoms with Crippen LogP contribution >= 0.6 is 23.4 Å². The highest BCUT2D eigenvalue weighted by molar-refractivity contribution is 8.00. The first-order valence-electron chi connectivity index (χ1n) is 7.47. The van der Waals surface area contributed by atoms with Crippen LogP contribution in [0.1, 0.15) is 17.3 Å². The molecule has 1 atom stereocenters. The molecule has 0 N–H and O–H groups in total. The summed E-state index contributed by atoms with van der Waals surface area (Å²) in [4.78, 5) is 12.5. The van der Waals surface area contributed by atoms with Gasteiger partial charge < -0.3 is 4.57 Å². The summed E-state index contributed by atoms with van der Waals surface area (Å²) in [6.07, 6.45) is 0. The molecule has 4 nitrogen and oxygen atoms in total. The van der Waals surface area contributed by atoms with Crippen LogP contribution in [-0.2, 0) is 7.05 Å². The van der Waals surface area contributed by atoms with Gasteiger partial charge in [0.2, 0.25) is 0 Å². The van der Waals surface area contributed by atoms with E-state index < -0.39 is 0 Å². The molecule has 1 heterocycles. The third-order valence-electron chi connectivity index (χ3n) is 3.65. The van der Waals surface area contributed by atoms with Crippen molar-refractivity contribution in [3.05, 3.63) is 65.2 Å². The summed E-state index contributed by atoms with van der Waals surface area (Å²) in [5.41, 5.74) is 1.64. The topological polar surface area (TPSA) is 47.8 Å². The lowest BCUT2D eigenvalue weighted by Gasteiger charge is -2.10. The summed E-state index contributed by atoms with van der Waals surface area (Å²) >= 11 is 7.27. The van der Waals surface area contributed by atoms with E-state index in [9.17, 15) is 4.79 Å². The van der Waals surface area contributed by atoms with Gasteiger partial charge in [0.15, 0.2) is 16.8 Å². The average molecular weight is 358 g/mol. The fourth-order valence-corrected chi connectivity index (χ4v) is 3.33. The molecule has 0 aliphatic carbocycles. The lowest BCUT2D eigenvalue weighted by atomic mass is 10.1. The maximum absolute atomic E-state index is 12.5. The van der Waals surface area contributed by atoms with E-state index in [2.05, 4.69) is 10.2 Å². The Morgan fingerprint density at radius 3 is 2.42 bits per heavy atom. The Balaban J connectivity index is 1.78. The number of aromatic nitrogens is 3. The smallest absolute Gasteiger partial charge is 0.191 e. The van der Waals surface area contributed by atoms with Crippen LogP contribution in [0.15, 0.2) is 59.8 Å². The van der Waals surface area contributed by atoms with Crippen LogP contribution in [0, 0.1) is 0 Å². The Labute approximate surface area is 149 Å². The fraction of sp³-hybridized carbons (Fsp3) is 0.167. The van der Waals surface area contributed by atoms with Crippen LogP contribution in [0.25, 0.3) is 11.4 Å². The lowest BCUT2D eigenvalue weighted by Crippen LogP contribution is -2.14. The summed E-state index contributed by atoms with van der Waals surface area (Å²) in [6.45, 7) is 1.87. The highest BCUT2D eigenvalue weighted by atomic mass is 35.5. The summed E-state index contributed by atoms with van der Waals surface area (Å²) in [6, 6.07) is 16.8. The number of Topliss-reactive ketones (excluding diaryl/α,β-unsaturated/α-hetero) is 1. The van der Waals surface area contributed by atoms with Gasteiger partial charge in [-0.25, -0.2) is 0 Å². The van der Waals surface area contributed by atoms with Gasteiger partial charge in [0, 0.05) is 23.2 Å². The van der Waals surface area contributed by atoms with Gasteiger partial charge in [0.1, 0.15) is 0 Å². The molecule has 6 heteroatoms. The predicted octanol–water partition coefficient (Wildman–Crippen LogP) is 4.50. The zero-order chi connectivity index (χ0) is 17.1. The van der Waals surface area contributed by atoms with Gasteiger partial charge in [-0.1, -0.05) is 53.7 Å². The second-order valence-corrected chi connectivity index (χ2v) is 7.11. The van der Waals surface area contributed by atoms with Crippen molar-refractivity contribution in [2.75, 3.05) is 0 Å². The molecule has 2 aromatic carbocycles. The zero-order valence-electron chi connectivity index (χ0n) is 13.3. The minimum atomic E-state index is -0.266. The van der Waals surface area contributed by atoms with Gasteiger partial charge in [0.05, 0.1) is 5.25 Å². The molecule has 0 aliphatic heterocycles. The standard InChI is InChI=1S/C18H16ClN3OS/c1-12(16(23)13-8-10-15(19)11-9-13)24-18-21-20-17(22(18)2)14-6-4-3-5-7-14/h3-12H,1-2H3/t12-/m0/s1. The number of hydrogen-bond acceptors (Lipinski definition) is 4. The van der Waals surface area contributed by atoms with Crippen LogP contribution in [0.2, 0.25) is 5.02 Å². The number of thioether (sulfide) groups is 1. The maximum atomic E-state index is 12.5. The molecule has 0 saturated carbocycles. The van der Waals surface area contributed by atoms with Gasteiger partial charge in [-0.05, 0) is 31.2 Å². The van der Waals surface area contributed by atoms with Gasteiger partial charge in [-0.3, -0.25) is 4.79 Å². The molecule has 0 unspecified atom stereocenters. The number of benzene rings is 2. The van der Waals surface area contributed by atoms with E-state index in [0.29, 0.717) is 15.7 Å². The Morgan fingerprint density at radius 2 is 1.75 bits per heavy atom. The van der Waals surface area contributed by atoms with Crippen molar-refractivity contribution in [3.63, 3.8) is 0 Å². The van der Waals surface area contributed by atoms with Crippen LogP contribution in [0.5, 0.6) is 0 Å². The third kappa shape index (κ3) is 3.52. The number of ketones is 1. The van der Waals surface area contributed by atoms with Crippen LogP contribution in [-0.4, -0.2) is 25.8 Å². The molecule has 122 valence electrons. The zero-order valence-corrected chi connectivity index (χ0v) is 14.9. The number of hydrogen-bond donors (Lipinski definition) is 0. The van der Waals surface area contributed by atoms with Gasteiger partial charge in [-0.2, -0.15) is 0 Å². The van der Waals surface area contributed by atoms with E-state index in [1.54, 1.807) is 24.3 Å². The maximum Gasteiger partial charge on any atom is 0.191 e. The van der Waals surface area contributed by atoms with Crippen molar-refractivity contribution in [1.82, 2.24) is 14.8 Å². The molecule has 0 fully saturated rings. The second kappa shape index (κ2) is 7.20. The number of carbonyl (C=O) groups is 1. The molecule has 0 bridgehead atoms. The first-order chi connectivity index (χ1) is 11.6. The minimum Gasteiger partial charge on any atom is -0.305 e. The van der Waals surface area contributed by atoms with Crippen LogP contribution in [0.4, 0.5) is 0 Å². The summed E-state index contributed by atoms with van der Waals surface area (Å²) in [7, 11) is 1.91. The van der Waals surface area contributed by atoms with Crippen molar-refractivity contribution < 1.29 is 4.79 Å². The molecule has 3 aromatic rings. The molecule has 3 rings (SSSR count). The molecule has 0 radical (unpaired) electrons. The number of rotatable bonds is 5. The molecule has 1 aromatic heterocycles. The van der Waals surface area contributed by atoms with Gasteiger partial charge in [0.25, 0.3) is 0 Å². The Kier molecular flexibility index (Phi) is 5.02. The minimum absolute atomic E-state index is 0.0425. The van der Waals surface area contributed by atoms with E-state index in [1.807, 2.05) is 48.9 Å². The van der Waals surface area contributed by atoms with Crippen LogP contribution in [0.3, 0.4) is 0 Å². The van der Waals surface area contributed by atoms with Crippen molar-refractivity contribution in [2.45, 2.75) is 17.3 Å². The van der Waals surface area contributed by atoms with Gasteiger partial charge in [-0.15, -0.1) is 10.2 Å². The highest BCUT2D eigenvalue weighted by Crippen LogP contribution is 2.27. The second-order valence-electron chi connectivity index (χ2n) is 5.36. The Hall–Kier alpha value is -2.11. The van der Waals surface area contributed by atoms with E-state index >= 15 is 0 Å². The highest BCUT2D eigenvalue weighted by Gasteiger charge is 2.20. The van der Waals surface area contributed by atoms with Crippen molar-refractivity contribution in [1.29, 1.82) is 0 Å². The quantitative estimate of drug-likeness (QED) is 0.498. The van der Waals surface area contributed by atoms with Crippen LogP contribution < -0.4 is 0 Å². The number of nitrogens with zero attached hydrogens (tertiary/aromatic N) is 3. The first kappa shape index (κ1) is 16.7. The Morgan fingerprint density at radius 1 is 1.08 bits per heavy atom. The molecule has 0 spiro atoms. The number of halogens is 1. The SMILES string of the molecule is C[C@H](Sc1nnc(-c2ccccc2)n1C)C(=O)c1ccc(Cl)cc1. The van der Waals surface area contributed by atoms with E-state index in [4.69, 9.17) is 11.6 Å². The molecule has 0 amide bonds. The molecular formula is C18H16ClN3OS.